The van der Waals surface area contributed by atoms with Crippen molar-refractivity contribution in [2.45, 2.75) is 39.2 Å². The molecule has 0 spiro atoms. The van der Waals surface area contributed by atoms with Crippen molar-refractivity contribution < 1.29 is 14.6 Å². The third-order valence-electron chi connectivity index (χ3n) is 3.93. The molecule has 1 saturated carbocycles. The fourth-order valence-electron chi connectivity index (χ4n) is 2.67. The van der Waals surface area contributed by atoms with E-state index in [9.17, 15) is 9.90 Å². The summed E-state index contributed by atoms with van der Waals surface area (Å²) in [4.78, 5) is 11.7. The van der Waals surface area contributed by atoms with E-state index in [0.717, 1.165) is 24.2 Å². The van der Waals surface area contributed by atoms with E-state index in [1.165, 1.54) is 5.56 Å². The second-order valence-electron chi connectivity index (χ2n) is 5.64. The Morgan fingerprint density at radius 2 is 2.15 bits per heavy atom. The van der Waals surface area contributed by atoms with Gasteiger partial charge in [0.25, 0.3) is 0 Å². The van der Waals surface area contributed by atoms with Gasteiger partial charge in [0.2, 0.25) is 0 Å². The lowest BCUT2D eigenvalue weighted by atomic mass is 9.94. The van der Waals surface area contributed by atoms with Crippen LogP contribution in [0.25, 0.3) is 0 Å². The average Bonchev–Trinajstić information content (AvgIpc) is 3.20. The van der Waals surface area contributed by atoms with Gasteiger partial charge >= 0.3 is 5.97 Å². The van der Waals surface area contributed by atoms with Gasteiger partial charge in [-0.25, -0.2) is 0 Å². The van der Waals surface area contributed by atoms with Crippen LogP contribution in [-0.2, 0) is 4.79 Å². The monoisotopic (exact) mass is 277 g/mol. The van der Waals surface area contributed by atoms with Crippen molar-refractivity contribution in [2.24, 2.45) is 5.92 Å². The van der Waals surface area contributed by atoms with Crippen LogP contribution in [0, 0.1) is 19.8 Å². The molecule has 0 aromatic heterocycles. The van der Waals surface area contributed by atoms with Gasteiger partial charge in [0.1, 0.15) is 12.4 Å². The number of hydrogen-bond donors (Lipinski definition) is 2. The Bertz CT molecular complexity index is 496. The molecule has 4 heteroatoms. The quantitative estimate of drug-likeness (QED) is 0.804. The number of nitrogens with one attached hydrogen (secondary N) is 1. The fourth-order valence-corrected chi connectivity index (χ4v) is 2.67. The number of aliphatic carboxylic acids is 1. The van der Waals surface area contributed by atoms with Gasteiger partial charge in [-0.2, -0.15) is 0 Å². The molecule has 1 aliphatic rings. The molecule has 0 bridgehead atoms. The number of ether oxygens (including phenoxy) is 1. The summed E-state index contributed by atoms with van der Waals surface area (Å²) >= 11 is 0. The topological polar surface area (TPSA) is 58.6 Å². The van der Waals surface area contributed by atoms with E-state index in [-0.39, 0.29) is 12.5 Å². The van der Waals surface area contributed by atoms with E-state index < -0.39 is 11.5 Å². The molecule has 0 radical (unpaired) electrons. The summed E-state index contributed by atoms with van der Waals surface area (Å²) in [6.45, 7) is 6.73. The minimum absolute atomic E-state index is 0.171. The fraction of sp³-hybridized carbons (Fsp3) is 0.562. The second-order valence-corrected chi connectivity index (χ2v) is 5.64. The minimum Gasteiger partial charge on any atom is -0.491 e. The van der Waals surface area contributed by atoms with Gasteiger partial charge in [-0.05, 0) is 50.8 Å². The van der Waals surface area contributed by atoms with Gasteiger partial charge in [0.05, 0.1) is 0 Å². The van der Waals surface area contributed by atoms with E-state index in [1.807, 2.05) is 39.0 Å². The first kappa shape index (κ1) is 14.9. The van der Waals surface area contributed by atoms with E-state index in [1.54, 1.807) is 0 Å². The lowest BCUT2D eigenvalue weighted by Gasteiger charge is -2.30. The molecule has 0 saturated heterocycles. The van der Waals surface area contributed by atoms with Crippen molar-refractivity contribution in [3.63, 3.8) is 0 Å². The van der Waals surface area contributed by atoms with Crippen LogP contribution >= 0.6 is 0 Å². The smallest absolute Gasteiger partial charge is 0.327 e. The molecule has 1 aliphatic carbocycles. The van der Waals surface area contributed by atoms with E-state index in [4.69, 9.17) is 4.74 Å². The lowest BCUT2D eigenvalue weighted by molar-refractivity contribution is -0.147. The zero-order valence-electron chi connectivity index (χ0n) is 12.4. The van der Waals surface area contributed by atoms with Crippen LogP contribution in [0.5, 0.6) is 5.75 Å². The van der Waals surface area contributed by atoms with Crippen molar-refractivity contribution in [1.29, 1.82) is 0 Å². The van der Waals surface area contributed by atoms with E-state index in [0.29, 0.717) is 6.54 Å². The average molecular weight is 277 g/mol. The molecule has 1 atom stereocenters. The predicted octanol–water partition coefficient (Wildman–Crippen LogP) is 2.53. The highest BCUT2D eigenvalue weighted by Gasteiger charge is 2.51. The number of carboxylic acid groups (broad SMARTS) is 1. The molecular formula is C16H23NO3. The molecule has 1 aromatic rings. The molecule has 1 aromatic carbocycles. The number of carboxylic acids is 1. The maximum atomic E-state index is 11.7. The zero-order chi connectivity index (χ0) is 14.8. The third-order valence-corrected chi connectivity index (χ3v) is 3.93. The molecule has 1 fully saturated rings. The Balaban J connectivity index is 2.14. The van der Waals surface area contributed by atoms with Crippen LogP contribution in [0.3, 0.4) is 0 Å². The Kier molecular flexibility index (Phi) is 4.33. The molecule has 110 valence electrons. The van der Waals surface area contributed by atoms with Crippen LogP contribution in [0.15, 0.2) is 18.2 Å². The first-order valence-corrected chi connectivity index (χ1v) is 7.18. The van der Waals surface area contributed by atoms with Gasteiger partial charge in [0.15, 0.2) is 5.54 Å². The van der Waals surface area contributed by atoms with Crippen molar-refractivity contribution in [2.75, 3.05) is 13.2 Å². The van der Waals surface area contributed by atoms with Crippen LogP contribution in [0.1, 0.15) is 30.9 Å². The number of rotatable bonds is 7. The number of hydrogen-bond acceptors (Lipinski definition) is 3. The maximum Gasteiger partial charge on any atom is 0.327 e. The second kappa shape index (κ2) is 5.83. The SMILES string of the molecule is CCNC(COc1ccc(C)cc1C)(C(=O)O)C1CC1. The standard InChI is InChI=1S/C16H23NO3/c1-4-17-16(15(18)19,13-6-7-13)10-20-14-8-5-11(2)9-12(14)3/h5,8-9,13,17H,4,6-7,10H2,1-3H3,(H,18,19). The highest BCUT2D eigenvalue weighted by atomic mass is 16.5. The number of aryl methyl sites for hydroxylation is 2. The van der Waals surface area contributed by atoms with E-state index in [2.05, 4.69) is 5.32 Å². The number of benzene rings is 1. The third kappa shape index (κ3) is 2.96. The summed E-state index contributed by atoms with van der Waals surface area (Å²) in [5.74, 6) is 0.122. The molecule has 2 rings (SSSR count). The number of likely N-dealkylation sites (N-methyl/N-ethyl adjacent to an activating group) is 1. The first-order valence-electron chi connectivity index (χ1n) is 7.18. The normalized spacial score (nSPS) is 17.6. The maximum absolute atomic E-state index is 11.7. The molecule has 0 aliphatic heterocycles. The molecule has 0 amide bonds. The Morgan fingerprint density at radius 3 is 2.65 bits per heavy atom. The van der Waals surface area contributed by atoms with Crippen LogP contribution in [0.4, 0.5) is 0 Å². The number of carbonyl (C=O) groups is 1. The highest BCUT2D eigenvalue weighted by molar-refractivity contribution is 5.80. The lowest BCUT2D eigenvalue weighted by Crippen LogP contribution is -2.58. The molecule has 4 nitrogen and oxygen atoms in total. The van der Waals surface area contributed by atoms with Crippen molar-refractivity contribution >= 4 is 5.97 Å². The summed E-state index contributed by atoms with van der Waals surface area (Å²) in [6.07, 6.45) is 1.91. The van der Waals surface area contributed by atoms with Crippen LogP contribution < -0.4 is 10.1 Å². The molecule has 2 N–H and O–H groups in total. The molecule has 0 heterocycles. The zero-order valence-corrected chi connectivity index (χ0v) is 12.4. The van der Waals surface area contributed by atoms with Crippen LogP contribution in [0.2, 0.25) is 0 Å². The molecule has 1 unspecified atom stereocenters. The van der Waals surface area contributed by atoms with Crippen molar-refractivity contribution in [3.8, 4) is 5.75 Å². The Hall–Kier alpha value is -1.55. The summed E-state index contributed by atoms with van der Waals surface area (Å²) < 4.78 is 5.83. The minimum atomic E-state index is -0.952. The Morgan fingerprint density at radius 1 is 1.45 bits per heavy atom. The van der Waals surface area contributed by atoms with Gasteiger partial charge < -0.3 is 9.84 Å². The summed E-state index contributed by atoms with van der Waals surface area (Å²) in [6, 6.07) is 5.94. The van der Waals surface area contributed by atoms with Gasteiger partial charge in [-0.1, -0.05) is 24.6 Å². The van der Waals surface area contributed by atoms with E-state index >= 15 is 0 Å². The highest BCUT2D eigenvalue weighted by Crippen LogP contribution is 2.40. The summed E-state index contributed by atoms with van der Waals surface area (Å²) in [7, 11) is 0. The molecule has 20 heavy (non-hydrogen) atoms. The van der Waals surface area contributed by atoms with Gasteiger partial charge in [-0.3, -0.25) is 10.1 Å². The molecular weight excluding hydrogens is 254 g/mol. The largest absolute Gasteiger partial charge is 0.491 e. The van der Waals surface area contributed by atoms with Gasteiger partial charge in [-0.15, -0.1) is 0 Å². The predicted molar refractivity (Wildman–Crippen MR) is 78.2 cm³/mol. The van der Waals surface area contributed by atoms with Crippen molar-refractivity contribution in [1.82, 2.24) is 5.32 Å². The summed E-state index contributed by atoms with van der Waals surface area (Å²) in [5, 5.41) is 12.7. The summed E-state index contributed by atoms with van der Waals surface area (Å²) in [5.41, 5.74) is 1.26. The van der Waals surface area contributed by atoms with Crippen molar-refractivity contribution in [3.05, 3.63) is 29.3 Å². The Labute approximate surface area is 120 Å². The first-order chi connectivity index (χ1) is 9.49. The van der Waals surface area contributed by atoms with Crippen LogP contribution in [-0.4, -0.2) is 29.8 Å². The van der Waals surface area contributed by atoms with Gasteiger partial charge in [0, 0.05) is 0 Å².